The lowest BCUT2D eigenvalue weighted by molar-refractivity contribution is -0.139. The van der Waals surface area contributed by atoms with E-state index in [4.69, 9.17) is 0 Å². The molecule has 0 spiro atoms. The summed E-state index contributed by atoms with van der Waals surface area (Å²) in [7, 11) is 0. The van der Waals surface area contributed by atoms with E-state index in [0.29, 0.717) is 11.3 Å². The van der Waals surface area contributed by atoms with Gasteiger partial charge in [0.2, 0.25) is 12.2 Å². The SMILES string of the molecule is CC(=O)N(C[C]=O)C(=O)/C=C/c1ccccc1NC(=O)N1CCCC1. The molecule has 131 valence electrons. The molecule has 0 bridgehead atoms. The minimum absolute atomic E-state index is 0.175. The molecule has 7 heteroatoms. The molecule has 1 saturated heterocycles. The first-order chi connectivity index (χ1) is 12.0. The lowest BCUT2D eigenvalue weighted by Crippen LogP contribution is -2.35. The Hall–Kier alpha value is -2.96. The molecular weight excluding hydrogens is 322 g/mol. The van der Waals surface area contributed by atoms with Crippen LogP contribution in [-0.4, -0.2) is 53.6 Å². The van der Waals surface area contributed by atoms with Crippen LogP contribution >= 0.6 is 0 Å². The second kappa shape index (κ2) is 8.77. The normalized spacial score (nSPS) is 13.7. The fourth-order valence-electron chi connectivity index (χ4n) is 2.53. The minimum Gasteiger partial charge on any atom is -0.325 e. The van der Waals surface area contributed by atoms with E-state index in [1.807, 2.05) is 0 Å². The number of anilines is 1. The van der Waals surface area contributed by atoms with Gasteiger partial charge in [-0.25, -0.2) is 4.79 Å². The Morgan fingerprint density at radius 2 is 1.92 bits per heavy atom. The number of para-hydroxylation sites is 1. The van der Waals surface area contributed by atoms with E-state index in [-0.39, 0.29) is 6.03 Å². The highest BCUT2D eigenvalue weighted by Crippen LogP contribution is 2.18. The first-order valence-corrected chi connectivity index (χ1v) is 8.03. The number of benzene rings is 1. The van der Waals surface area contributed by atoms with E-state index in [9.17, 15) is 19.2 Å². The van der Waals surface area contributed by atoms with Crippen molar-refractivity contribution in [3.63, 3.8) is 0 Å². The quantitative estimate of drug-likeness (QED) is 0.827. The monoisotopic (exact) mass is 342 g/mol. The van der Waals surface area contributed by atoms with Gasteiger partial charge < -0.3 is 10.2 Å². The van der Waals surface area contributed by atoms with E-state index in [2.05, 4.69) is 5.32 Å². The van der Waals surface area contributed by atoms with Gasteiger partial charge in [0.1, 0.15) is 0 Å². The molecule has 7 nitrogen and oxygen atoms in total. The molecule has 1 N–H and O–H groups in total. The van der Waals surface area contributed by atoms with E-state index < -0.39 is 18.4 Å². The van der Waals surface area contributed by atoms with Crippen LogP contribution in [0.2, 0.25) is 0 Å². The summed E-state index contributed by atoms with van der Waals surface area (Å²) in [6.45, 7) is 2.26. The van der Waals surface area contributed by atoms with Crippen molar-refractivity contribution < 1.29 is 19.2 Å². The lowest BCUT2D eigenvalue weighted by Gasteiger charge is -2.17. The standard InChI is InChI=1S/C18H20N3O4/c1-14(23)21(12-13-22)17(24)9-8-15-6-2-3-7-16(15)19-18(25)20-10-4-5-11-20/h2-3,6-9H,4-5,10-12H2,1H3,(H,19,25)/b9-8+. The van der Waals surface area contributed by atoms with Crippen LogP contribution in [0.5, 0.6) is 0 Å². The molecule has 0 unspecified atom stereocenters. The molecule has 1 aliphatic rings. The van der Waals surface area contributed by atoms with Gasteiger partial charge in [0, 0.05) is 31.8 Å². The Balaban J connectivity index is 2.11. The molecule has 25 heavy (non-hydrogen) atoms. The number of nitrogens with zero attached hydrogens (tertiary/aromatic N) is 2. The van der Waals surface area contributed by atoms with Crippen molar-refractivity contribution in [2.24, 2.45) is 0 Å². The molecule has 0 aromatic heterocycles. The summed E-state index contributed by atoms with van der Waals surface area (Å²) < 4.78 is 0. The number of carbonyl (C=O) groups is 3. The Bertz CT molecular complexity index is 693. The topological polar surface area (TPSA) is 86.8 Å². The lowest BCUT2D eigenvalue weighted by atomic mass is 10.1. The molecule has 1 fully saturated rings. The number of rotatable bonds is 5. The zero-order valence-electron chi connectivity index (χ0n) is 14.0. The molecule has 1 heterocycles. The number of hydrogen-bond acceptors (Lipinski definition) is 4. The third-order valence-electron chi connectivity index (χ3n) is 3.87. The molecule has 0 atom stereocenters. The van der Waals surface area contributed by atoms with Gasteiger partial charge in [0.05, 0.1) is 6.54 Å². The Morgan fingerprint density at radius 3 is 2.56 bits per heavy atom. The second-order valence-corrected chi connectivity index (χ2v) is 5.63. The van der Waals surface area contributed by atoms with E-state index >= 15 is 0 Å². The predicted octanol–water partition coefficient (Wildman–Crippen LogP) is 1.81. The summed E-state index contributed by atoms with van der Waals surface area (Å²) in [5.41, 5.74) is 1.20. The summed E-state index contributed by atoms with van der Waals surface area (Å²) in [4.78, 5) is 48.6. The smallest absolute Gasteiger partial charge is 0.321 e. The van der Waals surface area contributed by atoms with Crippen LogP contribution in [0.1, 0.15) is 25.3 Å². The molecule has 0 saturated carbocycles. The average molecular weight is 342 g/mol. The van der Waals surface area contributed by atoms with Gasteiger partial charge in [-0.05, 0) is 30.5 Å². The molecule has 1 aliphatic heterocycles. The largest absolute Gasteiger partial charge is 0.325 e. The summed E-state index contributed by atoms with van der Waals surface area (Å²) in [5.74, 6) is -1.15. The summed E-state index contributed by atoms with van der Waals surface area (Å²) in [5, 5.41) is 2.83. The Morgan fingerprint density at radius 1 is 1.24 bits per heavy atom. The van der Waals surface area contributed by atoms with Crippen molar-refractivity contribution in [3.05, 3.63) is 35.9 Å². The van der Waals surface area contributed by atoms with Gasteiger partial charge in [-0.15, -0.1) is 0 Å². The number of carbonyl (C=O) groups excluding carboxylic acids is 4. The maximum absolute atomic E-state index is 12.2. The highest BCUT2D eigenvalue weighted by atomic mass is 16.2. The maximum Gasteiger partial charge on any atom is 0.321 e. The number of likely N-dealkylation sites (tertiary alicyclic amines) is 1. The molecule has 1 radical (unpaired) electrons. The first kappa shape index (κ1) is 18.4. The Labute approximate surface area is 146 Å². The third-order valence-corrected chi connectivity index (χ3v) is 3.87. The fraction of sp³-hybridized carbons (Fsp3) is 0.333. The predicted molar refractivity (Wildman–Crippen MR) is 93.4 cm³/mol. The van der Waals surface area contributed by atoms with Crippen LogP contribution in [0.3, 0.4) is 0 Å². The zero-order valence-corrected chi connectivity index (χ0v) is 14.0. The van der Waals surface area contributed by atoms with Gasteiger partial charge in [-0.1, -0.05) is 18.2 Å². The van der Waals surface area contributed by atoms with Crippen molar-refractivity contribution in [1.82, 2.24) is 9.80 Å². The van der Waals surface area contributed by atoms with Gasteiger partial charge in [0.25, 0.3) is 5.91 Å². The number of nitrogens with one attached hydrogen (secondary N) is 1. The molecule has 4 amide bonds. The zero-order chi connectivity index (χ0) is 18.2. The summed E-state index contributed by atoms with van der Waals surface area (Å²) in [6.07, 6.45) is 6.23. The van der Waals surface area contributed by atoms with E-state index in [1.54, 1.807) is 29.2 Å². The minimum atomic E-state index is -0.614. The van der Waals surface area contributed by atoms with Gasteiger partial charge in [0.15, 0.2) is 0 Å². The Kier molecular flexibility index (Phi) is 6.45. The second-order valence-electron chi connectivity index (χ2n) is 5.63. The number of urea groups is 1. The average Bonchev–Trinajstić information content (AvgIpc) is 3.13. The molecule has 1 aromatic rings. The van der Waals surface area contributed by atoms with Crippen molar-refractivity contribution in [1.29, 1.82) is 0 Å². The van der Waals surface area contributed by atoms with Gasteiger partial charge in [-0.2, -0.15) is 0 Å². The fourth-order valence-corrected chi connectivity index (χ4v) is 2.53. The summed E-state index contributed by atoms with van der Waals surface area (Å²) in [6, 6.07) is 6.86. The van der Waals surface area contributed by atoms with Crippen molar-refractivity contribution in [2.45, 2.75) is 19.8 Å². The number of imide groups is 1. The van der Waals surface area contributed by atoms with E-state index in [0.717, 1.165) is 30.8 Å². The molecular formula is C18H20N3O4. The molecule has 1 aromatic carbocycles. The molecule has 0 aliphatic carbocycles. The highest BCUT2D eigenvalue weighted by Gasteiger charge is 2.18. The van der Waals surface area contributed by atoms with Crippen LogP contribution in [0, 0.1) is 0 Å². The first-order valence-electron chi connectivity index (χ1n) is 8.03. The number of hydrogen-bond donors (Lipinski definition) is 1. The molecule has 2 rings (SSSR count). The van der Waals surface area contributed by atoms with Crippen LogP contribution in [0.15, 0.2) is 30.3 Å². The number of amides is 4. The summed E-state index contributed by atoms with van der Waals surface area (Å²) >= 11 is 0. The van der Waals surface area contributed by atoms with Crippen molar-refractivity contribution >= 4 is 35.9 Å². The van der Waals surface area contributed by atoms with E-state index in [1.165, 1.54) is 25.4 Å². The van der Waals surface area contributed by atoms with Crippen LogP contribution in [0.25, 0.3) is 6.08 Å². The van der Waals surface area contributed by atoms with Crippen LogP contribution < -0.4 is 5.32 Å². The van der Waals surface area contributed by atoms with Crippen LogP contribution in [-0.2, 0) is 14.4 Å². The highest BCUT2D eigenvalue weighted by molar-refractivity contribution is 6.04. The van der Waals surface area contributed by atoms with Crippen LogP contribution in [0.4, 0.5) is 10.5 Å². The van der Waals surface area contributed by atoms with Crippen molar-refractivity contribution in [2.75, 3.05) is 25.0 Å². The van der Waals surface area contributed by atoms with Crippen molar-refractivity contribution in [3.8, 4) is 0 Å². The maximum atomic E-state index is 12.2. The van der Waals surface area contributed by atoms with Gasteiger partial charge >= 0.3 is 6.03 Å². The van der Waals surface area contributed by atoms with Gasteiger partial charge in [-0.3, -0.25) is 19.3 Å². The third kappa shape index (κ3) is 5.00.